The summed E-state index contributed by atoms with van der Waals surface area (Å²) in [4.78, 5) is 23.5. The van der Waals surface area contributed by atoms with Gasteiger partial charge in [0, 0.05) is 5.69 Å². The Hall–Kier alpha value is -2.39. The number of hydrogen-bond donors (Lipinski definition) is 2. The predicted octanol–water partition coefficient (Wildman–Crippen LogP) is 2.31. The third kappa shape index (κ3) is 6.16. The quantitative estimate of drug-likeness (QED) is 0.749. The van der Waals surface area contributed by atoms with Gasteiger partial charge < -0.3 is 5.32 Å². The molecule has 138 valence electrons. The molecule has 2 N–H and O–H groups in total. The number of halogens is 1. The van der Waals surface area contributed by atoms with Gasteiger partial charge in [-0.1, -0.05) is 17.7 Å². The molecule has 2 rings (SSSR count). The van der Waals surface area contributed by atoms with E-state index in [1.807, 2.05) is 11.6 Å². The van der Waals surface area contributed by atoms with Crippen molar-refractivity contribution in [1.82, 2.24) is 4.72 Å². The zero-order valence-electron chi connectivity index (χ0n) is 13.9. The topological polar surface area (TPSA) is 92.3 Å². The fourth-order valence-electron chi connectivity index (χ4n) is 1.92. The highest BCUT2D eigenvalue weighted by molar-refractivity contribution is 8.00. The monoisotopic (exact) mass is 396 g/mol. The van der Waals surface area contributed by atoms with Gasteiger partial charge in [-0.25, -0.2) is 17.5 Å². The van der Waals surface area contributed by atoms with E-state index >= 15 is 0 Å². The van der Waals surface area contributed by atoms with Crippen molar-refractivity contribution in [3.05, 3.63) is 59.9 Å². The van der Waals surface area contributed by atoms with E-state index in [1.165, 1.54) is 36.4 Å². The van der Waals surface area contributed by atoms with Crippen LogP contribution in [0.4, 0.5) is 10.1 Å². The van der Waals surface area contributed by atoms with Crippen molar-refractivity contribution in [2.75, 3.05) is 16.8 Å². The molecule has 0 saturated heterocycles. The Morgan fingerprint density at radius 2 is 1.54 bits per heavy atom. The van der Waals surface area contributed by atoms with E-state index in [-0.39, 0.29) is 22.3 Å². The van der Waals surface area contributed by atoms with Crippen LogP contribution in [0.25, 0.3) is 0 Å². The summed E-state index contributed by atoms with van der Waals surface area (Å²) < 4.78 is 38.9. The van der Waals surface area contributed by atoms with Crippen LogP contribution in [0.15, 0.2) is 53.4 Å². The van der Waals surface area contributed by atoms with Crippen LogP contribution in [0, 0.1) is 12.7 Å². The molecular weight excluding hydrogens is 379 g/mol. The Balaban J connectivity index is 1.78. The Morgan fingerprint density at radius 3 is 2.15 bits per heavy atom. The first-order valence-corrected chi connectivity index (χ1v) is 10.2. The zero-order valence-corrected chi connectivity index (χ0v) is 15.5. The predicted molar refractivity (Wildman–Crippen MR) is 98.9 cm³/mol. The number of aryl methyl sites for hydroxylation is 1. The Bertz CT molecular complexity index is 882. The van der Waals surface area contributed by atoms with Crippen molar-refractivity contribution in [1.29, 1.82) is 0 Å². The lowest BCUT2D eigenvalue weighted by atomic mass is 10.2. The molecule has 2 aromatic rings. The van der Waals surface area contributed by atoms with E-state index in [0.717, 1.165) is 17.3 Å². The van der Waals surface area contributed by atoms with Crippen LogP contribution in [-0.2, 0) is 19.6 Å². The van der Waals surface area contributed by atoms with Crippen molar-refractivity contribution in [3.63, 3.8) is 0 Å². The number of hydrogen-bond acceptors (Lipinski definition) is 5. The highest BCUT2D eigenvalue weighted by atomic mass is 32.2. The number of amides is 2. The van der Waals surface area contributed by atoms with Crippen LogP contribution in [0.2, 0.25) is 0 Å². The summed E-state index contributed by atoms with van der Waals surface area (Å²) in [7, 11) is -3.93. The van der Waals surface area contributed by atoms with Gasteiger partial charge >= 0.3 is 0 Å². The van der Waals surface area contributed by atoms with Crippen molar-refractivity contribution in [2.45, 2.75) is 11.8 Å². The van der Waals surface area contributed by atoms with Crippen molar-refractivity contribution < 1.29 is 22.4 Å². The zero-order chi connectivity index (χ0) is 19.2. The third-order valence-electron chi connectivity index (χ3n) is 3.17. The van der Waals surface area contributed by atoms with Crippen LogP contribution >= 0.6 is 11.8 Å². The average Bonchev–Trinajstić information content (AvgIpc) is 2.57. The number of thioether (sulfide) groups is 1. The average molecular weight is 396 g/mol. The maximum Gasteiger partial charge on any atom is 0.264 e. The second-order valence-electron chi connectivity index (χ2n) is 5.39. The molecule has 0 bridgehead atoms. The van der Waals surface area contributed by atoms with E-state index in [9.17, 15) is 22.4 Å². The maximum absolute atomic E-state index is 12.8. The lowest BCUT2D eigenvalue weighted by molar-refractivity contribution is -0.116. The molecule has 0 heterocycles. The van der Waals surface area contributed by atoms with Crippen LogP contribution < -0.4 is 10.0 Å². The highest BCUT2D eigenvalue weighted by Crippen LogP contribution is 2.11. The lowest BCUT2D eigenvalue weighted by Crippen LogP contribution is -2.32. The van der Waals surface area contributed by atoms with Crippen LogP contribution in [-0.4, -0.2) is 31.7 Å². The number of benzene rings is 2. The number of anilines is 1. The van der Waals surface area contributed by atoms with Gasteiger partial charge in [-0.2, -0.15) is 0 Å². The van der Waals surface area contributed by atoms with Crippen LogP contribution in [0.3, 0.4) is 0 Å². The molecular formula is C17H17FN2O4S2. The molecule has 0 saturated carbocycles. The molecule has 0 spiro atoms. The molecule has 6 nitrogen and oxygen atoms in total. The van der Waals surface area contributed by atoms with Gasteiger partial charge in [-0.3, -0.25) is 9.59 Å². The van der Waals surface area contributed by atoms with E-state index in [0.29, 0.717) is 5.69 Å². The summed E-state index contributed by atoms with van der Waals surface area (Å²) >= 11 is 0.968. The van der Waals surface area contributed by atoms with Gasteiger partial charge in [0.05, 0.1) is 16.4 Å². The number of rotatable bonds is 7. The van der Waals surface area contributed by atoms with Gasteiger partial charge in [-0.05, 0) is 43.3 Å². The lowest BCUT2D eigenvalue weighted by Gasteiger charge is -2.07. The fraction of sp³-hybridized carbons (Fsp3) is 0.176. The first-order valence-electron chi connectivity index (χ1n) is 7.52. The summed E-state index contributed by atoms with van der Waals surface area (Å²) in [6.07, 6.45) is 0. The Morgan fingerprint density at radius 1 is 0.962 bits per heavy atom. The minimum Gasteiger partial charge on any atom is -0.325 e. The Kier molecular flexibility index (Phi) is 6.76. The third-order valence-corrected chi connectivity index (χ3v) is 5.50. The number of nitrogens with one attached hydrogen (secondary N) is 2. The molecule has 2 aromatic carbocycles. The van der Waals surface area contributed by atoms with Crippen molar-refractivity contribution >= 4 is 39.3 Å². The molecule has 2 amide bonds. The molecule has 0 radical (unpaired) electrons. The molecule has 0 aliphatic carbocycles. The summed E-state index contributed by atoms with van der Waals surface area (Å²) in [5, 5.41) is 2.55. The molecule has 0 aliphatic heterocycles. The number of carbonyl (C=O) groups excluding carboxylic acids is 2. The molecule has 0 aliphatic rings. The first kappa shape index (κ1) is 19.9. The van der Waals surface area contributed by atoms with E-state index in [1.54, 1.807) is 12.1 Å². The Labute approximate surface area is 155 Å². The SMILES string of the molecule is Cc1ccc(S(=O)(=O)NC(=O)CSCC(=O)Nc2ccc(F)cc2)cc1. The van der Waals surface area contributed by atoms with Gasteiger partial charge in [0.15, 0.2) is 0 Å². The summed E-state index contributed by atoms with van der Waals surface area (Å²) in [5.74, 6) is -1.75. The first-order chi connectivity index (χ1) is 12.3. The van der Waals surface area contributed by atoms with Gasteiger partial charge in [-0.15, -0.1) is 11.8 Å². The van der Waals surface area contributed by atoms with Gasteiger partial charge in [0.1, 0.15) is 5.82 Å². The highest BCUT2D eigenvalue weighted by Gasteiger charge is 2.17. The van der Waals surface area contributed by atoms with E-state index < -0.39 is 21.7 Å². The van der Waals surface area contributed by atoms with Gasteiger partial charge in [0.25, 0.3) is 10.0 Å². The van der Waals surface area contributed by atoms with Crippen molar-refractivity contribution in [2.24, 2.45) is 0 Å². The number of sulfonamides is 1. The molecule has 0 unspecified atom stereocenters. The second-order valence-corrected chi connectivity index (χ2v) is 8.06. The van der Waals surface area contributed by atoms with E-state index in [2.05, 4.69) is 5.32 Å². The van der Waals surface area contributed by atoms with Crippen molar-refractivity contribution in [3.8, 4) is 0 Å². The molecule has 0 fully saturated rings. The van der Waals surface area contributed by atoms with Crippen LogP contribution in [0.5, 0.6) is 0 Å². The molecule has 0 atom stereocenters. The van der Waals surface area contributed by atoms with Gasteiger partial charge in [0.2, 0.25) is 11.8 Å². The maximum atomic E-state index is 12.8. The van der Waals surface area contributed by atoms with E-state index in [4.69, 9.17) is 0 Å². The van der Waals surface area contributed by atoms with Crippen LogP contribution in [0.1, 0.15) is 5.56 Å². The fourth-order valence-corrected chi connectivity index (χ4v) is 3.62. The second kappa shape index (κ2) is 8.81. The summed E-state index contributed by atoms with van der Waals surface area (Å²) in [6.45, 7) is 1.82. The minimum atomic E-state index is -3.93. The molecule has 9 heteroatoms. The summed E-state index contributed by atoms with van der Waals surface area (Å²) in [5.41, 5.74) is 1.33. The minimum absolute atomic E-state index is 0.00416. The summed E-state index contributed by atoms with van der Waals surface area (Å²) in [6, 6.07) is 11.3. The standard InChI is InChI=1S/C17H17FN2O4S2/c1-12-2-8-15(9-3-12)26(23,24)20-17(22)11-25-10-16(21)19-14-6-4-13(18)5-7-14/h2-9H,10-11H2,1H3,(H,19,21)(H,20,22). The molecule has 26 heavy (non-hydrogen) atoms. The smallest absolute Gasteiger partial charge is 0.264 e. The largest absolute Gasteiger partial charge is 0.325 e. The normalized spacial score (nSPS) is 11.0. The number of carbonyl (C=O) groups is 2. The molecule has 0 aromatic heterocycles.